The van der Waals surface area contributed by atoms with Gasteiger partial charge in [0.15, 0.2) is 11.5 Å². The van der Waals surface area contributed by atoms with E-state index in [2.05, 4.69) is 29.8 Å². The highest BCUT2D eigenvalue weighted by Crippen LogP contribution is 2.68. The minimum Gasteiger partial charge on any atom is -0.504 e. The van der Waals surface area contributed by atoms with E-state index in [1.807, 2.05) is 6.08 Å². The molecular weight excluding hydrogens is 340 g/mol. The Kier molecular flexibility index (Phi) is 3.49. The van der Waals surface area contributed by atoms with E-state index in [4.69, 9.17) is 4.74 Å². The van der Waals surface area contributed by atoms with Crippen molar-refractivity contribution in [2.45, 2.75) is 63.1 Å². The number of phenols is 1. The summed E-state index contributed by atoms with van der Waals surface area (Å²) in [7, 11) is 0. The van der Waals surface area contributed by atoms with E-state index in [0.29, 0.717) is 11.8 Å². The van der Waals surface area contributed by atoms with Gasteiger partial charge in [-0.05, 0) is 49.3 Å². The van der Waals surface area contributed by atoms with Gasteiger partial charge in [0.05, 0.1) is 6.04 Å². The van der Waals surface area contributed by atoms with Gasteiger partial charge >= 0.3 is 0 Å². The van der Waals surface area contributed by atoms with Crippen LogP contribution in [-0.4, -0.2) is 47.2 Å². The summed E-state index contributed by atoms with van der Waals surface area (Å²) in [6, 6.07) is 4.26. The number of aromatic hydroxyl groups is 1. The third-order valence-electron chi connectivity index (χ3n) is 7.89. The van der Waals surface area contributed by atoms with Crippen molar-refractivity contribution in [3.63, 3.8) is 0 Å². The molecule has 2 N–H and O–H groups in total. The van der Waals surface area contributed by atoms with Crippen molar-refractivity contribution in [3.05, 3.63) is 35.9 Å². The first-order chi connectivity index (χ1) is 12.9. The van der Waals surface area contributed by atoms with E-state index in [9.17, 15) is 9.90 Å². The van der Waals surface area contributed by atoms with Crippen molar-refractivity contribution >= 4 is 5.91 Å². The van der Waals surface area contributed by atoms with E-state index in [1.165, 1.54) is 11.1 Å². The predicted octanol–water partition coefficient (Wildman–Crippen LogP) is 2.51. The largest absolute Gasteiger partial charge is 0.504 e. The van der Waals surface area contributed by atoms with E-state index in [0.717, 1.165) is 38.8 Å². The first-order valence-electron chi connectivity index (χ1n) is 10.1. The second-order valence-electron chi connectivity index (χ2n) is 8.97. The summed E-state index contributed by atoms with van der Waals surface area (Å²) in [6.45, 7) is 9.85. The Morgan fingerprint density at radius 2 is 2.30 bits per heavy atom. The molecule has 5 heteroatoms. The van der Waals surface area contributed by atoms with Gasteiger partial charge in [-0.15, -0.1) is 6.58 Å². The van der Waals surface area contributed by atoms with E-state index in [-0.39, 0.29) is 34.6 Å². The number of hydrogen-bond acceptors (Lipinski definition) is 4. The molecule has 1 spiro atoms. The van der Waals surface area contributed by atoms with Gasteiger partial charge in [0, 0.05) is 30.5 Å². The fourth-order valence-corrected chi connectivity index (χ4v) is 6.88. The first kappa shape index (κ1) is 17.1. The number of ether oxygens (including phenoxy) is 1. The molecule has 1 amide bonds. The monoisotopic (exact) mass is 368 g/mol. The summed E-state index contributed by atoms with van der Waals surface area (Å²) in [4.78, 5) is 14.4. The number of piperidine rings is 1. The molecule has 144 valence electrons. The number of phenolic OH excluding ortho intramolecular Hbond substituents is 1. The molecule has 5 rings (SSSR count). The molecule has 1 aromatic carbocycles. The number of benzene rings is 1. The minimum atomic E-state index is -0.150. The van der Waals surface area contributed by atoms with Crippen molar-refractivity contribution in [1.82, 2.24) is 10.2 Å². The quantitative estimate of drug-likeness (QED) is 0.805. The number of nitrogens with zero attached hydrogens (tertiary/aromatic N) is 1. The average molecular weight is 368 g/mol. The topological polar surface area (TPSA) is 61.8 Å². The number of carbonyl (C=O) groups excluding carboxylic acids is 1. The SMILES string of the molecule is C=CCN1CC[C@]23c4c5ccc(O)c4O[C@H]2[C@@H](NC(C)=O)CC[C@@]3(C)[C@H]1C5. The van der Waals surface area contributed by atoms with Crippen LogP contribution in [0.5, 0.6) is 11.5 Å². The van der Waals surface area contributed by atoms with E-state index in [1.54, 1.807) is 13.0 Å². The van der Waals surface area contributed by atoms with Crippen LogP contribution in [0.25, 0.3) is 0 Å². The third kappa shape index (κ3) is 1.96. The molecule has 2 aliphatic heterocycles. The van der Waals surface area contributed by atoms with Crippen LogP contribution in [-0.2, 0) is 16.6 Å². The predicted molar refractivity (Wildman–Crippen MR) is 103 cm³/mol. The maximum Gasteiger partial charge on any atom is 0.217 e. The molecule has 2 bridgehead atoms. The Balaban J connectivity index is 1.72. The molecule has 4 aliphatic rings. The zero-order chi connectivity index (χ0) is 19.0. The van der Waals surface area contributed by atoms with Crippen LogP contribution in [0.3, 0.4) is 0 Å². The molecule has 0 unspecified atom stereocenters. The number of hydrogen-bond donors (Lipinski definition) is 2. The van der Waals surface area contributed by atoms with Crippen molar-refractivity contribution < 1.29 is 14.6 Å². The standard InChI is InChI=1S/C22H28N2O3/c1-4-10-24-11-9-22-18-14-5-6-16(26)19(18)27-20(22)15(23-13(2)25)7-8-21(22,3)17(24)12-14/h4-6,15,17,20,26H,1,7-12H2,2-3H3,(H,23,25)/t15-,17+,20-,21-,22-/m0/s1. The highest BCUT2D eigenvalue weighted by atomic mass is 16.5. The normalized spacial score (nSPS) is 38.7. The molecule has 2 heterocycles. The third-order valence-corrected chi connectivity index (χ3v) is 7.89. The Morgan fingerprint density at radius 3 is 3.04 bits per heavy atom. The zero-order valence-corrected chi connectivity index (χ0v) is 16.1. The van der Waals surface area contributed by atoms with Crippen LogP contribution in [0.4, 0.5) is 0 Å². The second kappa shape index (κ2) is 5.51. The fourth-order valence-electron chi connectivity index (χ4n) is 6.88. The van der Waals surface area contributed by atoms with Gasteiger partial charge in [-0.2, -0.15) is 0 Å². The summed E-state index contributed by atoms with van der Waals surface area (Å²) in [6.07, 6.45) is 5.81. The van der Waals surface area contributed by atoms with E-state index < -0.39 is 0 Å². The fraction of sp³-hybridized carbons (Fsp3) is 0.591. The number of amides is 1. The average Bonchev–Trinajstić information content (AvgIpc) is 2.97. The maximum atomic E-state index is 11.9. The van der Waals surface area contributed by atoms with Crippen LogP contribution >= 0.6 is 0 Å². The summed E-state index contributed by atoms with van der Waals surface area (Å²) in [5.41, 5.74) is 2.42. The highest BCUT2D eigenvalue weighted by molar-refractivity contribution is 5.73. The van der Waals surface area contributed by atoms with Crippen LogP contribution in [0.2, 0.25) is 0 Å². The maximum absolute atomic E-state index is 11.9. The van der Waals surface area contributed by atoms with Crippen molar-refractivity contribution in [2.24, 2.45) is 5.41 Å². The summed E-state index contributed by atoms with van der Waals surface area (Å²) in [5, 5.41) is 13.7. The van der Waals surface area contributed by atoms with Crippen molar-refractivity contribution in [2.75, 3.05) is 13.1 Å². The Bertz CT molecular complexity index is 837. The van der Waals surface area contributed by atoms with Gasteiger partial charge in [-0.3, -0.25) is 9.69 Å². The van der Waals surface area contributed by atoms with Crippen LogP contribution in [0, 0.1) is 5.41 Å². The number of rotatable bonds is 3. The highest BCUT2D eigenvalue weighted by Gasteiger charge is 2.71. The molecular formula is C22H28N2O3. The number of likely N-dealkylation sites (tertiary alicyclic amines) is 1. The van der Waals surface area contributed by atoms with Crippen LogP contribution < -0.4 is 10.1 Å². The molecule has 1 saturated carbocycles. The minimum absolute atomic E-state index is 0.0135. The Hall–Kier alpha value is -2.01. The van der Waals surface area contributed by atoms with E-state index >= 15 is 0 Å². The second-order valence-corrected chi connectivity index (χ2v) is 8.97. The Labute approximate surface area is 160 Å². The van der Waals surface area contributed by atoms with Gasteiger partial charge < -0.3 is 15.2 Å². The number of carbonyl (C=O) groups is 1. The number of nitrogens with one attached hydrogen (secondary N) is 1. The van der Waals surface area contributed by atoms with Crippen LogP contribution in [0.1, 0.15) is 44.2 Å². The molecule has 0 aromatic heterocycles. The molecule has 5 atom stereocenters. The summed E-state index contributed by atoms with van der Waals surface area (Å²) in [5.74, 6) is 0.880. The molecule has 27 heavy (non-hydrogen) atoms. The lowest BCUT2D eigenvalue weighted by Crippen LogP contribution is -2.73. The van der Waals surface area contributed by atoms with Crippen molar-refractivity contribution in [1.29, 1.82) is 0 Å². The molecule has 0 radical (unpaired) electrons. The van der Waals surface area contributed by atoms with Gasteiger partial charge in [0.25, 0.3) is 0 Å². The molecule has 5 nitrogen and oxygen atoms in total. The lowest BCUT2D eigenvalue weighted by atomic mass is 9.43. The Morgan fingerprint density at radius 1 is 1.48 bits per heavy atom. The van der Waals surface area contributed by atoms with Gasteiger partial charge in [0.1, 0.15) is 6.10 Å². The van der Waals surface area contributed by atoms with Gasteiger partial charge in [-0.1, -0.05) is 19.1 Å². The summed E-state index contributed by atoms with van der Waals surface area (Å²) < 4.78 is 6.48. The smallest absolute Gasteiger partial charge is 0.217 e. The van der Waals surface area contributed by atoms with Gasteiger partial charge in [-0.25, -0.2) is 0 Å². The first-order valence-corrected chi connectivity index (χ1v) is 10.1. The lowest BCUT2D eigenvalue weighted by Gasteiger charge is -2.65. The molecule has 1 aromatic rings. The molecule has 2 aliphatic carbocycles. The van der Waals surface area contributed by atoms with Crippen LogP contribution in [0.15, 0.2) is 24.8 Å². The lowest BCUT2D eigenvalue weighted by molar-refractivity contribution is -0.133. The molecule has 1 saturated heterocycles. The zero-order valence-electron chi connectivity index (χ0n) is 16.1. The molecule has 2 fully saturated rings. The van der Waals surface area contributed by atoms with Gasteiger partial charge in [0.2, 0.25) is 5.91 Å². The summed E-state index contributed by atoms with van der Waals surface area (Å²) >= 11 is 0. The van der Waals surface area contributed by atoms with Crippen molar-refractivity contribution in [3.8, 4) is 11.5 Å².